The lowest BCUT2D eigenvalue weighted by atomic mass is 10.3. The summed E-state index contributed by atoms with van der Waals surface area (Å²) in [6.07, 6.45) is 0.798. The average Bonchev–Trinajstić information content (AvgIpc) is 3.24. The predicted molar refractivity (Wildman–Crippen MR) is 82.1 cm³/mol. The molecule has 21 heavy (non-hydrogen) atoms. The minimum absolute atomic E-state index is 0.0146. The van der Waals surface area contributed by atoms with E-state index < -0.39 is 0 Å². The molecule has 7 heteroatoms. The fourth-order valence-electron chi connectivity index (χ4n) is 1.77. The molecule has 5 nitrogen and oxygen atoms in total. The van der Waals surface area contributed by atoms with Gasteiger partial charge in [0.2, 0.25) is 17.6 Å². The van der Waals surface area contributed by atoms with Crippen molar-refractivity contribution in [2.24, 2.45) is 0 Å². The lowest BCUT2D eigenvalue weighted by Crippen LogP contribution is -2.22. The minimum atomic E-state index is -0.0146. The molecule has 0 atom stereocenters. The van der Waals surface area contributed by atoms with Crippen molar-refractivity contribution < 1.29 is 9.32 Å². The van der Waals surface area contributed by atoms with Gasteiger partial charge in [-0.2, -0.15) is 4.98 Å². The van der Waals surface area contributed by atoms with Crippen molar-refractivity contribution in [2.45, 2.75) is 19.4 Å². The number of thiophene rings is 2. The van der Waals surface area contributed by atoms with E-state index in [-0.39, 0.29) is 5.91 Å². The van der Waals surface area contributed by atoms with Crippen LogP contribution in [0.15, 0.2) is 39.5 Å². The number of hydrogen-bond acceptors (Lipinski definition) is 6. The number of carbonyl (C=O) groups is 1. The fourth-order valence-corrected chi connectivity index (χ4v) is 3.06. The van der Waals surface area contributed by atoms with E-state index in [9.17, 15) is 4.79 Å². The molecule has 0 fully saturated rings. The summed E-state index contributed by atoms with van der Waals surface area (Å²) in [4.78, 5) is 18.1. The van der Waals surface area contributed by atoms with Crippen molar-refractivity contribution in [1.82, 2.24) is 15.5 Å². The standard InChI is InChI=1S/C14H13N3O2S2/c18-12(15-9-10-3-1-7-20-10)5-6-13-16-14(17-19-13)11-4-2-8-21-11/h1-4,7-8H,5-6,9H2,(H,15,18). The summed E-state index contributed by atoms with van der Waals surface area (Å²) in [5.41, 5.74) is 0. The highest BCUT2D eigenvalue weighted by Crippen LogP contribution is 2.21. The third kappa shape index (κ3) is 3.77. The van der Waals surface area contributed by atoms with Crippen molar-refractivity contribution in [3.63, 3.8) is 0 Å². The Kier molecular flexibility index (Phi) is 4.42. The van der Waals surface area contributed by atoms with Gasteiger partial charge >= 0.3 is 0 Å². The minimum Gasteiger partial charge on any atom is -0.351 e. The summed E-state index contributed by atoms with van der Waals surface area (Å²) in [6, 6.07) is 7.84. The van der Waals surface area contributed by atoms with Gasteiger partial charge in [-0.1, -0.05) is 17.3 Å². The van der Waals surface area contributed by atoms with Gasteiger partial charge in [-0.3, -0.25) is 4.79 Å². The highest BCUT2D eigenvalue weighted by atomic mass is 32.1. The predicted octanol–water partition coefficient (Wildman–Crippen LogP) is 3.11. The van der Waals surface area contributed by atoms with E-state index in [4.69, 9.17) is 4.52 Å². The molecular formula is C14H13N3O2S2. The van der Waals surface area contributed by atoms with Crippen LogP contribution in [0.5, 0.6) is 0 Å². The molecule has 0 saturated carbocycles. The summed E-state index contributed by atoms with van der Waals surface area (Å²) >= 11 is 3.18. The number of carbonyl (C=O) groups excluding carboxylic acids is 1. The van der Waals surface area contributed by atoms with Gasteiger partial charge in [0.15, 0.2) is 0 Å². The molecule has 0 unspecified atom stereocenters. The molecule has 0 aromatic carbocycles. The molecule has 1 amide bonds. The normalized spacial score (nSPS) is 10.7. The summed E-state index contributed by atoms with van der Waals surface area (Å²) in [5, 5.41) is 10.7. The molecule has 0 radical (unpaired) electrons. The van der Waals surface area contributed by atoms with Crippen molar-refractivity contribution in [3.8, 4) is 10.7 Å². The third-order valence-electron chi connectivity index (χ3n) is 2.82. The number of aromatic nitrogens is 2. The lowest BCUT2D eigenvalue weighted by molar-refractivity contribution is -0.121. The second-order valence-corrected chi connectivity index (χ2v) is 6.33. The largest absolute Gasteiger partial charge is 0.351 e. The van der Waals surface area contributed by atoms with Gasteiger partial charge in [0.25, 0.3) is 0 Å². The highest BCUT2D eigenvalue weighted by molar-refractivity contribution is 7.13. The number of amides is 1. The van der Waals surface area contributed by atoms with Crippen LogP contribution in [0.3, 0.4) is 0 Å². The second-order valence-electron chi connectivity index (χ2n) is 4.35. The third-order valence-corrected chi connectivity index (χ3v) is 4.56. The van der Waals surface area contributed by atoms with Gasteiger partial charge in [-0.05, 0) is 22.9 Å². The topological polar surface area (TPSA) is 68.0 Å². The molecule has 0 aliphatic rings. The number of aryl methyl sites for hydroxylation is 1. The van der Waals surface area contributed by atoms with Crippen LogP contribution in [0, 0.1) is 0 Å². The molecule has 0 bridgehead atoms. The van der Waals surface area contributed by atoms with E-state index in [0.717, 1.165) is 9.75 Å². The molecule has 3 aromatic heterocycles. The molecule has 3 heterocycles. The Morgan fingerprint density at radius 2 is 2.10 bits per heavy atom. The van der Waals surface area contributed by atoms with Crippen LogP contribution in [0.4, 0.5) is 0 Å². The van der Waals surface area contributed by atoms with Crippen LogP contribution in [-0.4, -0.2) is 16.0 Å². The van der Waals surface area contributed by atoms with Gasteiger partial charge in [-0.25, -0.2) is 0 Å². The SMILES string of the molecule is O=C(CCc1nc(-c2cccs2)no1)NCc1cccs1. The molecule has 0 aliphatic heterocycles. The van der Waals surface area contributed by atoms with Crippen LogP contribution in [-0.2, 0) is 17.8 Å². The lowest BCUT2D eigenvalue weighted by Gasteiger charge is -2.01. The number of nitrogens with zero attached hydrogens (tertiary/aromatic N) is 2. The van der Waals surface area contributed by atoms with E-state index in [1.54, 1.807) is 22.7 Å². The van der Waals surface area contributed by atoms with Crippen LogP contribution in [0.2, 0.25) is 0 Å². The quantitative estimate of drug-likeness (QED) is 0.758. The van der Waals surface area contributed by atoms with Gasteiger partial charge in [0.1, 0.15) is 0 Å². The van der Waals surface area contributed by atoms with E-state index in [2.05, 4.69) is 15.5 Å². The van der Waals surface area contributed by atoms with Crippen molar-refractivity contribution >= 4 is 28.6 Å². The zero-order valence-electron chi connectivity index (χ0n) is 11.1. The maximum atomic E-state index is 11.8. The first-order valence-electron chi connectivity index (χ1n) is 6.47. The first kappa shape index (κ1) is 14.0. The first-order chi connectivity index (χ1) is 10.3. The Morgan fingerprint density at radius 3 is 2.86 bits per heavy atom. The molecule has 3 aromatic rings. The van der Waals surface area contributed by atoms with Gasteiger partial charge in [0.05, 0.1) is 11.4 Å². The fraction of sp³-hybridized carbons (Fsp3) is 0.214. The van der Waals surface area contributed by atoms with Gasteiger partial charge in [-0.15, -0.1) is 22.7 Å². The maximum Gasteiger partial charge on any atom is 0.227 e. The number of hydrogen-bond donors (Lipinski definition) is 1. The van der Waals surface area contributed by atoms with Gasteiger partial charge < -0.3 is 9.84 Å². The first-order valence-corrected chi connectivity index (χ1v) is 8.23. The summed E-state index contributed by atoms with van der Waals surface area (Å²) < 4.78 is 5.16. The summed E-state index contributed by atoms with van der Waals surface area (Å²) in [6.45, 7) is 0.570. The zero-order chi connectivity index (χ0) is 14.5. The molecular weight excluding hydrogens is 306 g/mol. The zero-order valence-corrected chi connectivity index (χ0v) is 12.7. The van der Waals surface area contributed by atoms with Crippen LogP contribution >= 0.6 is 22.7 Å². The number of nitrogens with one attached hydrogen (secondary N) is 1. The molecule has 108 valence electrons. The Morgan fingerprint density at radius 1 is 1.24 bits per heavy atom. The van der Waals surface area contributed by atoms with Crippen molar-refractivity contribution in [2.75, 3.05) is 0 Å². The Hall–Kier alpha value is -1.99. The van der Waals surface area contributed by atoms with E-state index in [1.165, 1.54) is 0 Å². The maximum absolute atomic E-state index is 11.8. The van der Waals surface area contributed by atoms with Crippen LogP contribution < -0.4 is 5.32 Å². The molecule has 0 aliphatic carbocycles. The van der Waals surface area contributed by atoms with Crippen molar-refractivity contribution in [1.29, 1.82) is 0 Å². The van der Waals surface area contributed by atoms with E-state index in [1.807, 2.05) is 35.0 Å². The van der Waals surface area contributed by atoms with Crippen LogP contribution in [0.25, 0.3) is 10.7 Å². The van der Waals surface area contributed by atoms with E-state index in [0.29, 0.717) is 31.1 Å². The molecule has 1 N–H and O–H groups in total. The van der Waals surface area contributed by atoms with Crippen LogP contribution in [0.1, 0.15) is 17.2 Å². The smallest absolute Gasteiger partial charge is 0.227 e. The number of rotatable bonds is 6. The monoisotopic (exact) mass is 319 g/mol. The summed E-state index contributed by atoms with van der Waals surface area (Å²) in [5.74, 6) is 1.06. The Bertz CT molecular complexity index is 690. The Balaban J connectivity index is 1.47. The molecule has 3 rings (SSSR count). The molecule has 0 saturated heterocycles. The highest BCUT2D eigenvalue weighted by Gasteiger charge is 2.11. The van der Waals surface area contributed by atoms with Gasteiger partial charge in [0, 0.05) is 17.7 Å². The Labute approximate surface area is 129 Å². The summed E-state index contributed by atoms with van der Waals surface area (Å²) in [7, 11) is 0. The second kappa shape index (κ2) is 6.64. The molecule has 0 spiro atoms. The van der Waals surface area contributed by atoms with Crippen molar-refractivity contribution in [3.05, 3.63) is 45.8 Å². The van der Waals surface area contributed by atoms with E-state index >= 15 is 0 Å². The average molecular weight is 319 g/mol.